The number of anilines is 1. The summed E-state index contributed by atoms with van der Waals surface area (Å²) in [6, 6.07) is 22.1. The number of aliphatic hydroxyl groups excluding tert-OH is 1. The summed E-state index contributed by atoms with van der Waals surface area (Å²) in [5.41, 5.74) is 3.06. The van der Waals surface area contributed by atoms with Crippen molar-refractivity contribution in [2.75, 3.05) is 17.6 Å². The predicted octanol–water partition coefficient (Wildman–Crippen LogP) is 4.22. The van der Waals surface area contributed by atoms with Gasteiger partial charge >= 0.3 is 0 Å². The molecule has 3 aromatic carbocycles. The van der Waals surface area contributed by atoms with Crippen LogP contribution < -0.4 is 14.9 Å². The van der Waals surface area contributed by atoms with Gasteiger partial charge in [0, 0.05) is 30.3 Å². The molecule has 3 atom stereocenters. The number of sulfonamides is 1. The molecule has 1 aliphatic rings. The zero-order valence-corrected chi connectivity index (χ0v) is 27.7. The number of amides is 2. The molecule has 2 amide bonds. The van der Waals surface area contributed by atoms with Crippen molar-refractivity contribution in [1.29, 1.82) is 0 Å². The van der Waals surface area contributed by atoms with Gasteiger partial charge in [-0.05, 0) is 55.5 Å². The van der Waals surface area contributed by atoms with Crippen molar-refractivity contribution >= 4 is 27.5 Å². The molecular weight excluding hydrogens is 616 g/mol. The summed E-state index contributed by atoms with van der Waals surface area (Å²) in [6.07, 6.45) is 6.69. The molecule has 0 spiro atoms. The Labute approximate surface area is 276 Å². The minimum Gasteiger partial charge on any atom is -0.389 e. The Morgan fingerprint density at radius 3 is 2.17 bits per heavy atom. The summed E-state index contributed by atoms with van der Waals surface area (Å²) in [7, 11) is -2.35. The summed E-state index contributed by atoms with van der Waals surface area (Å²) in [6.45, 7) is 1.95. The van der Waals surface area contributed by atoms with Gasteiger partial charge in [-0.2, -0.15) is 0 Å². The van der Waals surface area contributed by atoms with E-state index in [0.29, 0.717) is 12.3 Å². The third-order valence-electron chi connectivity index (χ3n) is 8.73. The van der Waals surface area contributed by atoms with Crippen molar-refractivity contribution in [1.82, 2.24) is 25.6 Å². The second-order valence-electron chi connectivity index (χ2n) is 12.3. The number of hydrogen-bond donors (Lipinski definition) is 3. The van der Waals surface area contributed by atoms with Gasteiger partial charge in [0.2, 0.25) is 10.0 Å². The maximum atomic E-state index is 13.9. The third kappa shape index (κ3) is 8.83. The first kappa shape index (κ1) is 33.8. The van der Waals surface area contributed by atoms with Gasteiger partial charge in [0.1, 0.15) is 0 Å². The van der Waals surface area contributed by atoms with Crippen LogP contribution in [0, 0.1) is 0 Å². The predicted molar refractivity (Wildman–Crippen MR) is 181 cm³/mol. The second kappa shape index (κ2) is 14.9. The molecule has 1 fully saturated rings. The van der Waals surface area contributed by atoms with E-state index in [9.17, 15) is 23.1 Å². The van der Waals surface area contributed by atoms with E-state index in [1.165, 1.54) is 38.1 Å². The summed E-state index contributed by atoms with van der Waals surface area (Å²) in [5.74, 6) is -0.659. The highest BCUT2D eigenvalue weighted by molar-refractivity contribution is 7.92. The van der Waals surface area contributed by atoms with Crippen LogP contribution in [0.4, 0.5) is 5.69 Å². The van der Waals surface area contributed by atoms with Crippen LogP contribution in [-0.4, -0.2) is 65.8 Å². The first-order valence-corrected chi connectivity index (χ1v) is 17.7. The van der Waals surface area contributed by atoms with E-state index >= 15 is 0 Å². The highest BCUT2D eigenvalue weighted by atomic mass is 32.2. The number of aromatic nitrogens is 3. The van der Waals surface area contributed by atoms with Gasteiger partial charge in [0.25, 0.3) is 11.8 Å². The highest BCUT2D eigenvalue weighted by Crippen LogP contribution is 2.32. The van der Waals surface area contributed by atoms with Crippen molar-refractivity contribution in [2.24, 2.45) is 0 Å². The topological polar surface area (TPSA) is 147 Å². The lowest BCUT2D eigenvalue weighted by atomic mass is 10.00. The molecular formula is C35H42N6O5S. The molecule has 0 saturated heterocycles. The molecule has 47 heavy (non-hydrogen) atoms. The van der Waals surface area contributed by atoms with Crippen LogP contribution >= 0.6 is 0 Å². The fourth-order valence-corrected chi connectivity index (χ4v) is 6.37. The number of nitrogens with one attached hydrogen (secondary N) is 2. The standard InChI is InChI=1S/C35H42N6O5S/c1-24(26-14-8-5-9-15-26)36-34(43)28-19-29(21-30(20-28)40(2)47(3,45)46)35(44)37-31(18-25-12-6-4-7-13-25)33(42)23-41-22-32(38-39-41)27-16-10-11-17-27/h4-9,12-15,19-22,24,27,31,33,42H,10-11,16-18,23H2,1-3H3,(H,36,43)(H,37,44)/t24-,31+,33+/m1/s1. The molecule has 0 bridgehead atoms. The molecule has 1 aliphatic carbocycles. The van der Waals surface area contributed by atoms with Crippen LogP contribution in [-0.2, 0) is 23.0 Å². The van der Waals surface area contributed by atoms with Crippen molar-refractivity contribution in [2.45, 2.75) is 69.7 Å². The van der Waals surface area contributed by atoms with Crippen molar-refractivity contribution in [3.05, 3.63) is 113 Å². The van der Waals surface area contributed by atoms with Crippen LogP contribution in [0.2, 0.25) is 0 Å². The van der Waals surface area contributed by atoms with Crippen LogP contribution in [0.1, 0.15) is 82.1 Å². The maximum Gasteiger partial charge on any atom is 0.251 e. The van der Waals surface area contributed by atoms with Crippen LogP contribution in [0.3, 0.4) is 0 Å². The van der Waals surface area contributed by atoms with E-state index in [1.807, 2.05) is 73.8 Å². The van der Waals surface area contributed by atoms with E-state index in [0.717, 1.165) is 40.2 Å². The Bertz CT molecular complexity index is 1770. The van der Waals surface area contributed by atoms with E-state index in [1.54, 1.807) is 4.68 Å². The average Bonchev–Trinajstić information content (AvgIpc) is 3.77. The van der Waals surface area contributed by atoms with Gasteiger partial charge < -0.3 is 15.7 Å². The van der Waals surface area contributed by atoms with Gasteiger partial charge in [-0.25, -0.2) is 13.1 Å². The molecule has 0 aliphatic heterocycles. The number of nitrogens with zero attached hydrogens (tertiary/aromatic N) is 4. The third-order valence-corrected chi connectivity index (χ3v) is 9.94. The number of carbonyl (C=O) groups excluding carboxylic acids is 2. The number of benzene rings is 3. The fraction of sp³-hybridized carbons (Fsp3) is 0.371. The lowest BCUT2D eigenvalue weighted by Crippen LogP contribution is -2.46. The molecule has 3 N–H and O–H groups in total. The Hall–Kier alpha value is -4.55. The largest absolute Gasteiger partial charge is 0.389 e. The van der Waals surface area contributed by atoms with Gasteiger partial charge in [-0.15, -0.1) is 5.10 Å². The van der Waals surface area contributed by atoms with Crippen LogP contribution in [0.15, 0.2) is 85.1 Å². The Morgan fingerprint density at radius 1 is 0.957 bits per heavy atom. The lowest BCUT2D eigenvalue weighted by Gasteiger charge is -2.25. The number of rotatable bonds is 13. The molecule has 0 unspecified atom stereocenters. The average molecular weight is 659 g/mol. The number of carbonyl (C=O) groups is 2. The summed E-state index contributed by atoms with van der Waals surface area (Å²) >= 11 is 0. The minimum absolute atomic E-state index is 0.0741. The normalized spacial score (nSPS) is 15.5. The zero-order chi connectivity index (χ0) is 33.6. The smallest absolute Gasteiger partial charge is 0.251 e. The molecule has 1 saturated carbocycles. The van der Waals surface area contributed by atoms with Gasteiger partial charge in [-0.1, -0.05) is 78.7 Å². The molecule has 4 aromatic rings. The Kier molecular flexibility index (Phi) is 10.7. The highest BCUT2D eigenvalue weighted by Gasteiger charge is 2.27. The van der Waals surface area contributed by atoms with Gasteiger partial charge in [0.15, 0.2) is 0 Å². The SMILES string of the molecule is C[C@@H](NC(=O)c1cc(C(=O)N[C@@H](Cc2ccccc2)[C@@H](O)Cn2cc(C3CCCC3)nn2)cc(N(C)S(C)(=O)=O)c1)c1ccccc1. The fourth-order valence-electron chi connectivity index (χ4n) is 5.88. The molecule has 0 radical (unpaired) electrons. The molecule has 1 aromatic heterocycles. The van der Waals surface area contributed by atoms with E-state index in [2.05, 4.69) is 20.9 Å². The van der Waals surface area contributed by atoms with Crippen molar-refractivity contribution < 1.29 is 23.1 Å². The summed E-state index contributed by atoms with van der Waals surface area (Å²) in [4.78, 5) is 27.3. The van der Waals surface area contributed by atoms with Crippen LogP contribution in [0.25, 0.3) is 0 Å². The van der Waals surface area contributed by atoms with E-state index in [4.69, 9.17) is 0 Å². The second-order valence-corrected chi connectivity index (χ2v) is 14.3. The van der Waals surface area contributed by atoms with Crippen molar-refractivity contribution in [3.63, 3.8) is 0 Å². The molecule has 248 valence electrons. The maximum absolute atomic E-state index is 13.9. The molecule has 1 heterocycles. The molecule has 11 nitrogen and oxygen atoms in total. The lowest BCUT2D eigenvalue weighted by molar-refractivity contribution is 0.0779. The quantitative estimate of drug-likeness (QED) is 0.195. The monoisotopic (exact) mass is 658 g/mol. The van der Waals surface area contributed by atoms with Crippen molar-refractivity contribution in [3.8, 4) is 0 Å². The zero-order valence-electron chi connectivity index (χ0n) is 26.9. The Morgan fingerprint density at radius 2 is 1.55 bits per heavy atom. The summed E-state index contributed by atoms with van der Waals surface area (Å²) in [5, 5.41) is 25.9. The molecule has 5 rings (SSSR count). The van der Waals surface area contributed by atoms with E-state index in [-0.39, 0.29) is 29.4 Å². The van der Waals surface area contributed by atoms with Gasteiger partial charge in [-0.3, -0.25) is 13.9 Å². The number of hydrogen-bond acceptors (Lipinski definition) is 7. The summed E-state index contributed by atoms with van der Waals surface area (Å²) < 4.78 is 27.6. The first-order chi connectivity index (χ1) is 22.5. The minimum atomic E-state index is -3.71. The molecule has 12 heteroatoms. The Balaban J connectivity index is 1.40. The number of aliphatic hydroxyl groups is 1. The first-order valence-electron chi connectivity index (χ1n) is 15.9. The van der Waals surface area contributed by atoms with Gasteiger partial charge in [0.05, 0.1) is 42.4 Å². The van der Waals surface area contributed by atoms with Crippen LogP contribution in [0.5, 0.6) is 0 Å². The van der Waals surface area contributed by atoms with E-state index < -0.39 is 34.0 Å².